The van der Waals surface area contributed by atoms with Gasteiger partial charge in [-0.2, -0.15) is 0 Å². The van der Waals surface area contributed by atoms with Crippen molar-refractivity contribution in [2.24, 2.45) is 11.8 Å². The molecule has 1 aromatic heterocycles. The maximum absolute atomic E-state index is 13.6. The van der Waals surface area contributed by atoms with Crippen molar-refractivity contribution in [2.75, 3.05) is 6.54 Å². The number of H-pyrrole nitrogens is 1. The van der Waals surface area contributed by atoms with Crippen LogP contribution in [0.2, 0.25) is 0 Å². The number of hydrogen-bond donors (Lipinski definition) is 4. The van der Waals surface area contributed by atoms with Gasteiger partial charge in [-0.1, -0.05) is 32.1 Å². The highest BCUT2D eigenvalue weighted by atomic mass is 19.1. The number of hydrogen-bond acceptors (Lipinski definition) is 6. The van der Waals surface area contributed by atoms with Crippen LogP contribution in [0.4, 0.5) is 4.39 Å². The van der Waals surface area contributed by atoms with Crippen molar-refractivity contribution in [1.82, 2.24) is 20.9 Å². The summed E-state index contributed by atoms with van der Waals surface area (Å²) in [7, 11) is 0. The molecule has 0 bridgehead atoms. The summed E-state index contributed by atoms with van der Waals surface area (Å²) < 4.78 is 13.6. The number of carbonyl (C=O) groups excluding carboxylic acids is 4. The van der Waals surface area contributed by atoms with E-state index in [2.05, 4.69) is 20.9 Å². The van der Waals surface area contributed by atoms with Gasteiger partial charge in [-0.05, 0) is 49.4 Å². The van der Waals surface area contributed by atoms with Gasteiger partial charge in [-0.3, -0.25) is 4.79 Å². The summed E-state index contributed by atoms with van der Waals surface area (Å²) in [4.78, 5) is 50.8. The molecule has 0 unspecified atom stereocenters. The molecule has 1 aliphatic heterocycles. The second kappa shape index (κ2) is 12.4. The predicted molar refractivity (Wildman–Crippen MR) is 137 cm³/mol. The molecule has 1 saturated heterocycles. The summed E-state index contributed by atoms with van der Waals surface area (Å²) in [5.74, 6) is 5.00. The topological polar surface area (TPSA) is 120 Å². The number of aromatic amines is 1. The van der Waals surface area contributed by atoms with Crippen molar-refractivity contribution in [3.05, 3.63) is 53.2 Å². The fourth-order valence-electron chi connectivity index (χ4n) is 5.45. The first kappa shape index (κ1) is 26.2. The lowest BCUT2D eigenvalue weighted by atomic mass is 9.84. The molecule has 1 saturated carbocycles. The van der Waals surface area contributed by atoms with Crippen LogP contribution in [0.5, 0.6) is 0 Å². The molecule has 37 heavy (non-hydrogen) atoms. The molecule has 0 spiro atoms. The van der Waals surface area contributed by atoms with Crippen LogP contribution in [0.3, 0.4) is 0 Å². The van der Waals surface area contributed by atoms with E-state index in [9.17, 15) is 23.6 Å². The molecule has 1 aromatic carbocycles. The van der Waals surface area contributed by atoms with Gasteiger partial charge in [-0.25, -0.2) is 18.8 Å². The molecular weight excluding hydrogens is 475 g/mol. The third-order valence-corrected chi connectivity index (χ3v) is 7.36. The predicted octanol–water partition coefficient (Wildman–Crippen LogP) is 3.15. The molecule has 1 amide bonds. The molecule has 2 aromatic rings. The van der Waals surface area contributed by atoms with Gasteiger partial charge in [0.1, 0.15) is 35.0 Å². The minimum absolute atomic E-state index is 0.134. The van der Waals surface area contributed by atoms with Crippen molar-refractivity contribution in [3.63, 3.8) is 0 Å². The maximum Gasteiger partial charge on any atom is 0.268 e. The van der Waals surface area contributed by atoms with Gasteiger partial charge < -0.3 is 20.9 Å². The normalized spacial score (nSPS) is 19.2. The van der Waals surface area contributed by atoms with Crippen molar-refractivity contribution in [3.8, 4) is 0 Å². The number of halogens is 1. The second-order valence-electron chi connectivity index (χ2n) is 9.90. The Bertz CT molecular complexity index is 1280. The fraction of sp³-hybridized carbons (Fsp3) is 0.464. The summed E-state index contributed by atoms with van der Waals surface area (Å²) in [6.07, 6.45) is 8.28. The Morgan fingerprint density at radius 2 is 1.89 bits per heavy atom. The van der Waals surface area contributed by atoms with Gasteiger partial charge in [-0.15, -0.1) is 0 Å². The van der Waals surface area contributed by atoms with E-state index in [-0.39, 0.29) is 17.3 Å². The van der Waals surface area contributed by atoms with Crippen LogP contribution < -0.4 is 16.0 Å². The zero-order valence-electron chi connectivity index (χ0n) is 20.6. The summed E-state index contributed by atoms with van der Waals surface area (Å²) in [6, 6.07) is 4.55. The first-order chi connectivity index (χ1) is 18.0. The van der Waals surface area contributed by atoms with Crippen LogP contribution in [0.15, 0.2) is 41.7 Å². The number of rotatable bonds is 10. The van der Waals surface area contributed by atoms with Gasteiger partial charge in [0.05, 0.1) is 17.8 Å². The number of aromatic nitrogens is 1. The first-order valence-electron chi connectivity index (χ1n) is 12.8. The highest BCUT2D eigenvalue weighted by Crippen LogP contribution is 2.29. The monoisotopic (exact) mass is 506 g/mol. The molecule has 4 N–H and O–H groups in total. The zero-order valence-corrected chi connectivity index (χ0v) is 20.6. The molecule has 2 heterocycles. The Hall–Kier alpha value is -3.89. The molecule has 2 fully saturated rings. The van der Waals surface area contributed by atoms with Gasteiger partial charge in [0.2, 0.25) is 0 Å². The van der Waals surface area contributed by atoms with E-state index in [1.54, 1.807) is 18.1 Å². The van der Waals surface area contributed by atoms with Gasteiger partial charge in [0, 0.05) is 29.4 Å². The molecule has 1 aliphatic carbocycles. The summed E-state index contributed by atoms with van der Waals surface area (Å²) in [5, 5.41) is 9.60. The second-order valence-corrected chi connectivity index (χ2v) is 9.90. The molecule has 194 valence electrons. The number of carbonyl (C=O) groups is 1. The van der Waals surface area contributed by atoms with Crippen molar-refractivity contribution >= 4 is 34.6 Å². The van der Waals surface area contributed by atoms with Gasteiger partial charge in [0.25, 0.3) is 5.91 Å². The van der Waals surface area contributed by atoms with Crippen molar-refractivity contribution in [2.45, 2.75) is 63.5 Å². The molecular formula is C28H31FN4O4. The average molecular weight is 507 g/mol. The first-order valence-corrected chi connectivity index (χ1v) is 12.8. The Labute approximate surface area is 214 Å². The van der Waals surface area contributed by atoms with E-state index in [0.717, 1.165) is 25.7 Å². The number of amides is 1. The molecule has 8 nitrogen and oxygen atoms in total. The summed E-state index contributed by atoms with van der Waals surface area (Å²) in [5.41, 5.74) is 1.46. The van der Waals surface area contributed by atoms with Crippen LogP contribution in [0, 0.1) is 17.7 Å². The van der Waals surface area contributed by atoms with Gasteiger partial charge >= 0.3 is 0 Å². The van der Waals surface area contributed by atoms with Gasteiger partial charge in [0.15, 0.2) is 0 Å². The highest BCUT2D eigenvalue weighted by Gasteiger charge is 2.29. The molecule has 3 atom stereocenters. The zero-order chi connectivity index (χ0) is 26.2. The summed E-state index contributed by atoms with van der Waals surface area (Å²) >= 11 is 0. The van der Waals surface area contributed by atoms with E-state index in [0.29, 0.717) is 48.3 Å². The lowest BCUT2D eigenvalue weighted by Crippen LogP contribution is -2.44. The van der Waals surface area contributed by atoms with E-state index in [4.69, 9.17) is 0 Å². The Morgan fingerprint density at radius 1 is 1.08 bits per heavy atom. The van der Waals surface area contributed by atoms with E-state index >= 15 is 0 Å². The van der Waals surface area contributed by atoms with Crippen LogP contribution >= 0.6 is 0 Å². The van der Waals surface area contributed by atoms with Crippen molar-refractivity contribution in [1.29, 1.82) is 0 Å². The molecule has 9 heteroatoms. The van der Waals surface area contributed by atoms with Crippen LogP contribution in [-0.2, 0) is 14.4 Å². The third kappa shape index (κ3) is 6.66. The quantitative estimate of drug-likeness (QED) is 0.368. The standard InChI is InChI=1S/C28H31FN4O4/c29-21-6-7-23-20(13-21)15-25(32-23)28(37)33-24(12-18-4-2-1-3-5-18)27(17-36)31-22(9-11-34)14-19-8-10-30-26(19)16-35/h6-7,9,13,15,18-19,22,24,30-32H,1-5,8,10,12,14H2,(H,33,37)/t19-,22+,24-/m0/s1. The smallest absolute Gasteiger partial charge is 0.268 e. The maximum atomic E-state index is 13.6. The molecule has 2 aliphatic rings. The number of benzene rings is 1. The number of allylic oxidation sites excluding steroid dienone is 1. The number of fused-ring (bicyclic) bond motifs is 1. The fourth-order valence-corrected chi connectivity index (χ4v) is 5.45. The van der Waals surface area contributed by atoms with Crippen molar-refractivity contribution < 1.29 is 23.6 Å². The lowest BCUT2D eigenvalue weighted by Gasteiger charge is -2.29. The van der Waals surface area contributed by atoms with E-state index in [1.807, 2.05) is 11.9 Å². The Kier molecular flexibility index (Phi) is 8.76. The summed E-state index contributed by atoms with van der Waals surface area (Å²) in [6.45, 7) is 0.637. The highest BCUT2D eigenvalue weighted by molar-refractivity contribution is 5.98. The van der Waals surface area contributed by atoms with E-state index in [1.165, 1.54) is 24.6 Å². The Balaban J connectivity index is 1.54. The SMILES string of the molecule is O=C=C[C@H](C[C@@H]1CCNC1=C=O)NC(=C=O)[C@H](CC1CCCCC1)NC(=O)c1cc2cc(F)ccc2[nH]1. The van der Waals surface area contributed by atoms with Crippen LogP contribution in [0.1, 0.15) is 61.9 Å². The van der Waals surface area contributed by atoms with Crippen LogP contribution in [0.25, 0.3) is 10.9 Å². The van der Waals surface area contributed by atoms with Crippen LogP contribution in [-0.4, -0.2) is 47.3 Å². The third-order valence-electron chi connectivity index (χ3n) is 7.36. The minimum atomic E-state index is -0.665. The lowest BCUT2D eigenvalue weighted by molar-refractivity contribution is 0.0930. The van der Waals surface area contributed by atoms with E-state index < -0.39 is 23.8 Å². The minimum Gasteiger partial charge on any atom is -0.379 e. The average Bonchev–Trinajstić information content (AvgIpc) is 3.53. The number of nitrogens with one attached hydrogen (secondary N) is 4. The molecule has 4 rings (SSSR count). The largest absolute Gasteiger partial charge is 0.379 e. The Morgan fingerprint density at radius 3 is 2.62 bits per heavy atom. The molecule has 0 radical (unpaired) electrons.